The molecule has 0 saturated carbocycles. The largest absolute Gasteiger partial charge is 0.379 e. The predicted molar refractivity (Wildman–Crippen MR) is 59.5 cm³/mol. The van der Waals surface area contributed by atoms with Crippen molar-refractivity contribution in [3.05, 3.63) is 0 Å². The lowest BCUT2D eigenvalue weighted by Crippen LogP contribution is -2.59. The minimum Gasteiger partial charge on any atom is -0.379 e. The van der Waals surface area contributed by atoms with Gasteiger partial charge in [0.25, 0.3) is 0 Å². The van der Waals surface area contributed by atoms with Crippen LogP contribution in [0.1, 0.15) is 40.0 Å². The first-order chi connectivity index (χ1) is 6.96. The number of hydrogen-bond donors (Lipinski definition) is 2. The highest BCUT2D eigenvalue weighted by atomic mass is 16.5. The lowest BCUT2D eigenvalue weighted by molar-refractivity contribution is -0.128. The Balaban J connectivity index is 2.61. The average Bonchev–Trinajstić information content (AvgIpc) is 2.66. The summed E-state index contributed by atoms with van der Waals surface area (Å²) in [6, 6.07) is 0. The van der Waals surface area contributed by atoms with Gasteiger partial charge in [-0.2, -0.15) is 0 Å². The van der Waals surface area contributed by atoms with Crippen molar-refractivity contribution in [2.24, 2.45) is 5.73 Å². The standard InChI is InChI=1S/C11H22N2O2/c1-4-10(3,5-2)13-9(14)11(12)6-7-15-8-11/h4-8,12H2,1-3H3,(H,13,14). The zero-order chi connectivity index (χ0) is 11.5. The van der Waals surface area contributed by atoms with Crippen molar-refractivity contribution in [2.45, 2.75) is 51.1 Å². The Labute approximate surface area is 91.5 Å². The van der Waals surface area contributed by atoms with Gasteiger partial charge in [0.2, 0.25) is 5.91 Å². The SMILES string of the molecule is CCC(C)(CC)NC(=O)C1(N)CCOC1. The highest BCUT2D eigenvalue weighted by molar-refractivity contribution is 5.87. The summed E-state index contributed by atoms with van der Waals surface area (Å²) in [6.45, 7) is 7.10. The van der Waals surface area contributed by atoms with E-state index < -0.39 is 5.54 Å². The topological polar surface area (TPSA) is 64.4 Å². The highest BCUT2D eigenvalue weighted by Crippen LogP contribution is 2.19. The number of nitrogens with two attached hydrogens (primary N) is 1. The molecular weight excluding hydrogens is 192 g/mol. The normalized spacial score (nSPS) is 26.7. The van der Waals surface area contributed by atoms with E-state index in [1.807, 2.05) is 6.92 Å². The average molecular weight is 214 g/mol. The Morgan fingerprint density at radius 3 is 2.53 bits per heavy atom. The van der Waals surface area contributed by atoms with Gasteiger partial charge in [0.05, 0.1) is 6.61 Å². The van der Waals surface area contributed by atoms with Gasteiger partial charge in [-0.1, -0.05) is 13.8 Å². The first-order valence-corrected chi connectivity index (χ1v) is 5.65. The van der Waals surface area contributed by atoms with E-state index in [-0.39, 0.29) is 11.4 Å². The third kappa shape index (κ3) is 2.69. The first-order valence-electron chi connectivity index (χ1n) is 5.65. The van der Waals surface area contributed by atoms with Crippen molar-refractivity contribution in [2.75, 3.05) is 13.2 Å². The van der Waals surface area contributed by atoms with Crippen LogP contribution in [0.4, 0.5) is 0 Å². The molecule has 0 radical (unpaired) electrons. The van der Waals surface area contributed by atoms with E-state index in [2.05, 4.69) is 19.2 Å². The number of ether oxygens (including phenoxy) is 1. The van der Waals surface area contributed by atoms with Crippen LogP contribution >= 0.6 is 0 Å². The summed E-state index contributed by atoms with van der Waals surface area (Å²) >= 11 is 0. The molecule has 0 aromatic carbocycles. The van der Waals surface area contributed by atoms with E-state index in [1.165, 1.54) is 0 Å². The van der Waals surface area contributed by atoms with Gasteiger partial charge in [-0.25, -0.2) is 0 Å². The van der Waals surface area contributed by atoms with Gasteiger partial charge >= 0.3 is 0 Å². The second-order valence-electron chi connectivity index (χ2n) is 4.68. The Bertz CT molecular complexity index is 231. The number of rotatable bonds is 4. The fourth-order valence-corrected chi connectivity index (χ4v) is 1.59. The molecule has 1 atom stereocenters. The Morgan fingerprint density at radius 1 is 1.53 bits per heavy atom. The quantitative estimate of drug-likeness (QED) is 0.727. The van der Waals surface area contributed by atoms with Crippen molar-refractivity contribution >= 4 is 5.91 Å². The molecule has 1 amide bonds. The number of carbonyl (C=O) groups excluding carboxylic acids is 1. The van der Waals surface area contributed by atoms with E-state index in [0.717, 1.165) is 12.8 Å². The smallest absolute Gasteiger partial charge is 0.242 e. The van der Waals surface area contributed by atoms with Crippen LogP contribution in [0.25, 0.3) is 0 Å². The summed E-state index contributed by atoms with van der Waals surface area (Å²) in [4.78, 5) is 12.0. The lowest BCUT2D eigenvalue weighted by Gasteiger charge is -2.32. The molecule has 0 bridgehead atoms. The number of hydrogen-bond acceptors (Lipinski definition) is 3. The Hall–Kier alpha value is -0.610. The molecule has 1 saturated heterocycles. The number of nitrogens with one attached hydrogen (secondary N) is 1. The van der Waals surface area contributed by atoms with Crippen LogP contribution in [0.2, 0.25) is 0 Å². The van der Waals surface area contributed by atoms with E-state index in [9.17, 15) is 4.79 Å². The fraction of sp³-hybridized carbons (Fsp3) is 0.909. The fourth-order valence-electron chi connectivity index (χ4n) is 1.59. The molecule has 88 valence electrons. The van der Waals surface area contributed by atoms with Gasteiger partial charge in [0, 0.05) is 12.1 Å². The summed E-state index contributed by atoms with van der Waals surface area (Å²) < 4.78 is 5.18. The molecule has 3 N–H and O–H groups in total. The predicted octanol–water partition coefficient (Wildman–Crippen LogP) is 0.799. The molecule has 15 heavy (non-hydrogen) atoms. The minimum atomic E-state index is -0.814. The second-order valence-corrected chi connectivity index (χ2v) is 4.68. The second kappa shape index (κ2) is 4.49. The maximum atomic E-state index is 12.0. The zero-order valence-electron chi connectivity index (χ0n) is 9.93. The van der Waals surface area contributed by atoms with Gasteiger partial charge in [0.15, 0.2) is 0 Å². The van der Waals surface area contributed by atoms with E-state index >= 15 is 0 Å². The van der Waals surface area contributed by atoms with Crippen LogP contribution in [-0.4, -0.2) is 30.2 Å². The maximum Gasteiger partial charge on any atom is 0.242 e. The molecule has 4 nitrogen and oxygen atoms in total. The van der Waals surface area contributed by atoms with Crippen LogP contribution in [-0.2, 0) is 9.53 Å². The molecule has 1 aliphatic heterocycles. The molecule has 1 rings (SSSR count). The minimum absolute atomic E-state index is 0.0776. The van der Waals surface area contributed by atoms with E-state index in [1.54, 1.807) is 0 Å². The maximum absolute atomic E-state index is 12.0. The Morgan fingerprint density at radius 2 is 2.13 bits per heavy atom. The van der Waals surface area contributed by atoms with Crippen molar-refractivity contribution in [3.63, 3.8) is 0 Å². The zero-order valence-corrected chi connectivity index (χ0v) is 9.93. The number of carbonyl (C=O) groups is 1. The highest BCUT2D eigenvalue weighted by Gasteiger charge is 2.40. The van der Waals surface area contributed by atoms with Gasteiger partial charge in [-0.3, -0.25) is 4.79 Å². The number of amides is 1. The first kappa shape index (κ1) is 12.5. The van der Waals surface area contributed by atoms with Crippen molar-refractivity contribution in [1.29, 1.82) is 0 Å². The Kier molecular flexibility index (Phi) is 3.73. The third-order valence-electron chi connectivity index (χ3n) is 3.48. The van der Waals surface area contributed by atoms with Gasteiger partial charge < -0.3 is 15.8 Å². The molecule has 1 heterocycles. The molecule has 1 aliphatic rings. The molecule has 1 fully saturated rings. The van der Waals surface area contributed by atoms with E-state index in [0.29, 0.717) is 19.6 Å². The molecule has 0 aliphatic carbocycles. The molecule has 0 aromatic rings. The molecular formula is C11H22N2O2. The third-order valence-corrected chi connectivity index (χ3v) is 3.48. The summed E-state index contributed by atoms with van der Waals surface area (Å²) in [5, 5.41) is 3.03. The van der Waals surface area contributed by atoms with Gasteiger partial charge in [-0.15, -0.1) is 0 Å². The van der Waals surface area contributed by atoms with Crippen LogP contribution in [0.3, 0.4) is 0 Å². The molecule has 1 unspecified atom stereocenters. The summed E-state index contributed by atoms with van der Waals surface area (Å²) in [7, 11) is 0. The molecule has 0 spiro atoms. The summed E-state index contributed by atoms with van der Waals surface area (Å²) in [6.07, 6.45) is 2.43. The van der Waals surface area contributed by atoms with E-state index in [4.69, 9.17) is 10.5 Å². The van der Waals surface area contributed by atoms with Crippen molar-refractivity contribution < 1.29 is 9.53 Å². The lowest BCUT2D eigenvalue weighted by atomic mass is 9.92. The van der Waals surface area contributed by atoms with Gasteiger partial charge in [-0.05, 0) is 26.2 Å². The molecule has 4 heteroatoms. The molecule has 0 aromatic heterocycles. The van der Waals surface area contributed by atoms with Gasteiger partial charge in [0.1, 0.15) is 5.54 Å². The van der Waals surface area contributed by atoms with Crippen LogP contribution in [0.5, 0.6) is 0 Å². The van der Waals surface area contributed by atoms with Crippen molar-refractivity contribution in [1.82, 2.24) is 5.32 Å². The van der Waals surface area contributed by atoms with Crippen molar-refractivity contribution in [3.8, 4) is 0 Å². The monoisotopic (exact) mass is 214 g/mol. The summed E-state index contributed by atoms with van der Waals surface area (Å²) in [5.74, 6) is -0.0776. The van der Waals surface area contributed by atoms with Crippen LogP contribution < -0.4 is 11.1 Å². The summed E-state index contributed by atoms with van der Waals surface area (Å²) in [5.41, 5.74) is 5.02. The van der Waals surface area contributed by atoms with Crippen LogP contribution in [0, 0.1) is 0 Å². The van der Waals surface area contributed by atoms with Crippen LogP contribution in [0.15, 0.2) is 0 Å².